The van der Waals surface area contributed by atoms with Crippen molar-refractivity contribution in [3.8, 4) is 11.5 Å². The highest BCUT2D eigenvalue weighted by Crippen LogP contribution is 2.35. The molecule has 32 heavy (non-hydrogen) atoms. The second-order valence-electron chi connectivity index (χ2n) is 8.78. The number of fused-ring (bicyclic) bond motifs is 2. The number of methoxy groups -OCH3 is 2. The van der Waals surface area contributed by atoms with E-state index in [1.807, 2.05) is 0 Å². The van der Waals surface area contributed by atoms with Crippen molar-refractivity contribution in [3.63, 3.8) is 0 Å². The van der Waals surface area contributed by atoms with Crippen LogP contribution in [0.15, 0.2) is 54.6 Å². The zero-order valence-corrected chi connectivity index (χ0v) is 20.1. The first-order valence-corrected chi connectivity index (χ1v) is 11.8. The van der Waals surface area contributed by atoms with Crippen molar-refractivity contribution < 1.29 is 9.47 Å². The first-order chi connectivity index (χ1) is 15.6. The number of ether oxygens (including phenoxy) is 2. The largest absolute Gasteiger partial charge is 0.493 e. The molecular formula is C28H36N2O2. The average Bonchev–Trinajstić information content (AvgIpc) is 2.84. The van der Waals surface area contributed by atoms with Crippen LogP contribution in [0.25, 0.3) is 10.8 Å². The second-order valence-corrected chi connectivity index (χ2v) is 8.78. The van der Waals surface area contributed by atoms with Gasteiger partial charge in [0.2, 0.25) is 0 Å². The van der Waals surface area contributed by atoms with Gasteiger partial charge in [-0.05, 0) is 72.0 Å². The molecule has 170 valence electrons. The molecule has 0 saturated carbocycles. The van der Waals surface area contributed by atoms with Gasteiger partial charge < -0.3 is 9.47 Å². The summed E-state index contributed by atoms with van der Waals surface area (Å²) in [6, 6.07) is 20.3. The molecule has 0 aliphatic carbocycles. The van der Waals surface area contributed by atoms with Crippen molar-refractivity contribution in [1.29, 1.82) is 0 Å². The van der Waals surface area contributed by atoms with Crippen molar-refractivity contribution in [1.82, 2.24) is 9.80 Å². The zero-order chi connectivity index (χ0) is 22.7. The van der Waals surface area contributed by atoms with E-state index in [2.05, 4.69) is 85.3 Å². The van der Waals surface area contributed by atoms with Crippen LogP contribution in [0.3, 0.4) is 0 Å². The standard InChI is InChI=1S/C28H36N2O2/c1-6-25(23-13-12-20-10-8-9-11-21(20)16-23)29(3)28(7-2)30-15-14-22-17-26(31-4)27(32-5)18-24(22)19-30/h8-13,16-18,25,28H,6-7,14-15,19H2,1-5H3. The summed E-state index contributed by atoms with van der Waals surface area (Å²) < 4.78 is 11.1. The molecule has 1 heterocycles. The Morgan fingerprint density at radius 1 is 0.875 bits per heavy atom. The quantitative estimate of drug-likeness (QED) is 0.434. The van der Waals surface area contributed by atoms with Crippen molar-refractivity contribution in [2.24, 2.45) is 0 Å². The summed E-state index contributed by atoms with van der Waals surface area (Å²) in [5, 5.41) is 2.62. The van der Waals surface area contributed by atoms with Crippen LogP contribution in [0.4, 0.5) is 0 Å². The molecule has 0 radical (unpaired) electrons. The van der Waals surface area contributed by atoms with Gasteiger partial charge in [0.15, 0.2) is 11.5 Å². The third-order valence-electron chi connectivity index (χ3n) is 7.04. The SMILES string of the molecule is CCC(c1ccc2ccccc2c1)N(C)C(CC)N1CCc2cc(OC)c(OC)cc2C1. The fourth-order valence-corrected chi connectivity index (χ4v) is 5.34. The summed E-state index contributed by atoms with van der Waals surface area (Å²) in [5.41, 5.74) is 4.12. The van der Waals surface area contributed by atoms with Gasteiger partial charge in [-0.15, -0.1) is 0 Å². The van der Waals surface area contributed by atoms with Gasteiger partial charge in [0.05, 0.1) is 20.4 Å². The van der Waals surface area contributed by atoms with Crippen LogP contribution in [-0.4, -0.2) is 43.8 Å². The number of benzene rings is 3. The average molecular weight is 433 g/mol. The highest BCUT2D eigenvalue weighted by Gasteiger charge is 2.30. The lowest BCUT2D eigenvalue weighted by Gasteiger charge is -2.43. The third kappa shape index (κ3) is 4.35. The number of rotatable bonds is 8. The maximum Gasteiger partial charge on any atom is 0.161 e. The Morgan fingerprint density at radius 3 is 2.22 bits per heavy atom. The van der Waals surface area contributed by atoms with E-state index < -0.39 is 0 Å². The van der Waals surface area contributed by atoms with Gasteiger partial charge in [-0.2, -0.15) is 0 Å². The maximum atomic E-state index is 5.57. The van der Waals surface area contributed by atoms with Crippen LogP contribution >= 0.6 is 0 Å². The summed E-state index contributed by atoms with van der Waals surface area (Å²) >= 11 is 0. The Morgan fingerprint density at radius 2 is 1.56 bits per heavy atom. The van der Waals surface area contributed by atoms with Crippen LogP contribution in [0, 0.1) is 0 Å². The lowest BCUT2D eigenvalue weighted by atomic mass is 9.96. The fourth-order valence-electron chi connectivity index (χ4n) is 5.34. The molecule has 3 aromatic carbocycles. The maximum absolute atomic E-state index is 5.57. The smallest absolute Gasteiger partial charge is 0.161 e. The molecule has 2 atom stereocenters. The van der Waals surface area contributed by atoms with Crippen LogP contribution in [-0.2, 0) is 13.0 Å². The minimum atomic E-state index is 0.382. The Labute approximate surface area is 192 Å². The van der Waals surface area contributed by atoms with E-state index in [0.717, 1.165) is 43.9 Å². The van der Waals surface area contributed by atoms with Gasteiger partial charge in [-0.1, -0.05) is 50.2 Å². The lowest BCUT2D eigenvalue weighted by Crippen LogP contribution is -2.49. The molecule has 2 unspecified atom stereocenters. The summed E-state index contributed by atoms with van der Waals surface area (Å²) in [6.07, 6.45) is 3.59. The molecule has 0 bridgehead atoms. The molecule has 4 rings (SSSR count). The summed E-state index contributed by atoms with van der Waals surface area (Å²) in [7, 11) is 5.71. The highest BCUT2D eigenvalue weighted by atomic mass is 16.5. The Hall–Kier alpha value is -2.56. The molecule has 4 heteroatoms. The molecular weight excluding hydrogens is 396 g/mol. The summed E-state index contributed by atoms with van der Waals surface area (Å²) in [5.74, 6) is 1.64. The van der Waals surface area contributed by atoms with Crippen molar-refractivity contribution in [3.05, 3.63) is 71.3 Å². The van der Waals surface area contributed by atoms with E-state index in [9.17, 15) is 0 Å². The molecule has 0 fully saturated rings. The van der Waals surface area contributed by atoms with Crippen LogP contribution in [0.2, 0.25) is 0 Å². The van der Waals surface area contributed by atoms with Gasteiger partial charge >= 0.3 is 0 Å². The van der Waals surface area contributed by atoms with Crippen LogP contribution < -0.4 is 9.47 Å². The Kier molecular flexibility index (Phi) is 7.02. The van der Waals surface area contributed by atoms with Crippen LogP contribution in [0.5, 0.6) is 11.5 Å². The summed E-state index contributed by atoms with van der Waals surface area (Å²) in [4.78, 5) is 5.20. The van der Waals surface area contributed by atoms with Crippen molar-refractivity contribution >= 4 is 10.8 Å². The zero-order valence-electron chi connectivity index (χ0n) is 20.1. The van der Waals surface area contributed by atoms with Crippen molar-refractivity contribution in [2.45, 2.75) is 51.9 Å². The van der Waals surface area contributed by atoms with Gasteiger partial charge in [0.1, 0.15) is 0 Å². The minimum absolute atomic E-state index is 0.382. The van der Waals surface area contributed by atoms with Gasteiger partial charge in [0.25, 0.3) is 0 Å². The normalized spacial score (nSPS) is 16.1. The molecule has 0 amide bonds. The van der Waals surface area contributed by atoms with Gasteiger partial charge in [0, 0.05) is 19.1 Å². The third-order valence-corrected chi connectivity index (χ3v) is 7.04. The second kappa shape index (κ2) is 9.93. The Balaban J connectivity index is 1.58. The topological polar surface area (TPSA) is 24.9 Å². The van der Waals surface area contributed by atoms with E-state index in [1.54, 1.807) is 14.2 Å². The fraction of sp³-hybridized carbons (Fsp3) is 0.429. The summed E-state index contributed by atoms with van der Waals surface area (Å²) in [6.45, 7) is 6.59. The molecule has 0 spiro atoms. The first kappa shape index (κ1) is 22.6. The lowest BCUT2D eigenvalue weighted by molar-refractivity contribution is 0.0173. The van der Waals surface area contributed by atoms with E-state index in [1.165, 1.54) is 27.5 Å². The molecule has 0 N–H and O–H groups in total. The number of nitrogens with zero attached hydrogens (tertiary/aromatic N) is 2. The molecule has 0 aromatic heterocycles. The van der Waals surface area contributed by atoms with E-state index in [0.29, 0.717) is 12.2 Å². The molecule has 3 aromatic rings. The molecule has 0 saturated heterocycles. The van der Waals surface area contributed by atoms with E-state index in [4.69, 9.17) is 9.47 Å². The highest BCUT2D eigenvalue weighted by molar-refractivity contribution is 5.83. The van der Waals surface area contributed by atoms with E-state index in [-0.39, 0.29) is 0 Å². The molecule has 4 nitrogen and oxygen atoms in total. The minimum Gasteiger partial charge on any atom is -0.493 e. The monoisotopic (exact) mass is 432 g/mol. The van der Waals surface area contributed by atoms with Crippen LogP contribution in [0.1, 0.15) is 49.4 Å². The van der Waals surface area contributed by atoms with E-state index >= 15 is 0 Å². The molecule has 1 aliphatic heterocycles. The van der Waals surface area contributed by atoms with Gasteiger partial charge in [-0.25, -0.2) is 0 Å². The predicted molar refractivity (Wildman–Crippen MR) is 132 cm³/mol. The number of hydrogen-bond acceptors (Lipinski definition) is 4. The first-order valence-electron chi connectivity index (χ1n) is 11.8. The Bertz CT molecular complexity index is 1060. The predicted octanol–water partition coefficient (Wildman–Crippen LogP) is 6.03. The molecule has 1 aliphatic rings. The number of hydrogen-bond donors (Lipinski definition) is 0. The van der Waals surface area contributed by atoms with Crippen molar-refractivity contribution in [2.75, 3.05) is 27.8 Å². The van der Waals surface area contributed by atoms with Gasteiger partial charge in [-0.3, -0.25) is 9.80 Å².